The number of hydrogen-bond donors (Lipinski definition) is 1. The fraction of sp³-hybridized carbons (Fsp3) is 0.244. The van der Waals surface area contributed by atoms with Crippen LogP contribution < -0.4 is 9.80 Å². The monoisotopic (exact) mass is 720 g/mol. The number of rotatable bonds is 6. The summed E-state index contributed by atoms with van der Waals surface area (Å²) in [6.07, 6.45) is 7.38. The number of oxime groups is 1. The van der Waals surface area contributed by atoms with E-state index in [1.165, 1.54) is 7.05 Å². The molecule has 2 saturated heterocycles. The highest BCUT2D eigenvalue weighted by atomic mass is 16.4. The zero-order chi connectivity index (χ0) is 37.1. The Balaban J connectivity index is 0.903. The average Bonchev–Trinajstić information content (AvgIpc) is 3.91. The van der Waals surface area contributed by atoms with Crippen LogP contribution in [0.3, 0.4) is 0 Å². The van der Waals surface area contributed by atoms with Crippen LogP contribution in [0.25, 0.3) is 28.1 Å². The molecule has 0 spiro atoms. The Hall–Kier alpha value is -6.63. The van der Waals surface area contributed by atoms with Crippen molar-refractivity contribution in [1.82, 2.24) is 24.6 Å². The van der Waals surface area contributed by atoms with Crippen molar-refractivity contribution in [2.45, 2.75) is 31.7 Å². The van der Waals surface area contributed by atoms with Gasteiger partial charge in [-0.15, -0.1) is 0 Å². The fourth-order valence-corrected chi connectivity index (χ4v) is 8.09. The number of likely N-dealkylation sites (N-methyl/N-ethyl adjacent to an activating group) is 1. The molecule has 54 heavy (non-hydrogen) atoms. The smallest absolute Gasteiger partial charge is 0.262 e. The Bertz CT molecular complexity index is 2380. The molecule has 4 amide bonds. The average molecular weight is 721 g/mol. The van der Waals surface area contributed by atoms with Gasteiger partial charge >= 0.3 is 0 Å². The summed E-state index contributed by atoms with van der Waals surface area (Å²) < 4.78 is 1.91. The topological polar surface area (TPSA) is 145 Å². The Morgan fingerprint density at radius 2 is 1.35 bits per heavy atom. The molecular weight excluding hydrogens is 685 g/mol. The van der Waals surface area contributed by atoms with Gasteiger partial charge in [-0.1, -0.05) is 23.4 Å². The molecule has 13 heteroatoms. The molecule has 3 aliphatic heterocycles. The molecule has 9 rings (SSSR count). The lowest BCUT2D eigenvalue weighted by Crippen LogP contribution is -2.54. The summed E-state index contributed by atoms with van der Waals surface area (Å²) in [6.45, 7) is 2.94. The lowest BCUT2D eigenvalue weighted by atomic mass is 9.98. The minimum Gasteiger partial charge on any atom is -0.411 e. The van der Waals surface area contributed by atoms with Crippen LogP contribution in [-0.4, -0.2) is 98.4 Å². The molecule has 3 aromatic carbocycles. The number of likely N-dealkylation sites (tertiary alicyclic amines) is 1. The number of aromatic nitrogens is 3. The van der Waals surface area contributed by atoms with Crippen LogP contribution in [0.5, 0.6) is 0 Å². The molecule has 0 radical (unpaired) electrons. The van der Waals surface area contributed by atoms with E-state index in [4.69, 9.17) is 5.10 Å². The zero-order valence-corrected chi connectivity index (χ0v) is 29.6. The number of carbonyl (C=O) groups is 4. The van der Waals surface area contributed by atoms with E-state index in [9.17, 15) is 24.4 Å². The maximum Gasteiger partial charge on any atom is 0.262 e. The quantitative estimate of drug-likeness (QED) is 0.149. The minimum absolute atomic E-state index is 0.107. The van der Waals surface area contributed by atoms with E-state index in [0.29, 0.717) is 18.7 Å². The number of amides is 4. The molecule has 270 valence electrons. The third kappa shape index (κ3) is 5.51. The number of hydrogen-bond acceptors (Lipinski definition) is 10. The van der Waals surface area contributed by atoms with E-state index < -0.39 is 23.8 Å². The Morgan fingerprint density at radius 3 is 2.09 bits per heavy atom. The summed E-state index contributed by atoms with van der Waals surface area (Å²) in [7, 11) is 1.39. The van der Waals surface area contributed by atoms with Crippen LogP contribution in [0.1, 0.15) is 51.1 Å². The van der Waals surface area contributed by atoms with E-state index in [-0.39, 0.29) is 24.3 Å². The fourth-order valence-electron chi connectivity index (χ4n) is 8.09. The van der Waals surface area contributed by atoms with Crippen molar-refractivity contribution in [2.75, 3.05) is 43.0 Å². The first-order chi connectivity index (χ1) is 26.3. The molecule has 1 N–H and O–H groups in total. The number of nitrogens with zero attached hydrogens (tertiary/aromatic N) is 8. The van der Waals surface area contributed by atoms with Gasteiger partial charge in [-0.3, -0.25) is 34.0 Å². The molecule has 1 unspecified atom stereocenters. The maximum atomic E-state index is 13.5. The zero-order valence-electron chi connectivity index (χ0n) is 29.6. The van der Waals surface area contributed by atoms with Gasteiger partial charge in [-0.05, 0) is 85.0 Å². The maximum absolute atomic E-state index is 13.5. The number of benzene rings is 3. The lowest BCUT2D eigenvalue weighted by Gasteiger charge is -2.37. The van der Waals surface area contributed by atoms with E-state index in [1.54, 1.807) is 24.5 Å². The predicted molar refractivity (Wildman–Crippen MR) is 201 cm³/mol. The van der Waals surface area contributed by atoms with Gasteiger partial charge in [0.1, 0.15) is 11.7 Å². The van der Waals surface area contributed by atoms with Crippen molar-refractivity contribution < 1.29 is 24.4 Å². The first-order valence-electron chi connectivity index (χ1n) is 18.1. The van der Waals surface area contributed by atoms with Gasteiger partial charge < -0.3 is 15.0 Å². The van der Waals surface area contributed by atoms with E-state index >= 15 is 0 Å². The van der Waals surface area contributed by atoms with Crippen molar-refractivity contribution in [3.05, 3.63) is 114 Å². The van der Waals surface area contributed by atoms with Crippen LogP contribution in [0.4, 0.5) is 11.4 Å². The molecule has 2 fully saturated rings. The van der Waals surface area contributed by atoms with E-state index in [1.807, 2.05) is 28.9 Å². The number of aryl methyl sites for hydroxylation is 1. The van der Waals surface area contributed by atoms with Crippen LogP contribution >= 0.6 is 0 Å². The standard InChI is InChI=1S/C41H36N8O5/c1-45-37(50)13-12-36(41(45)53)49-39(51)32-10-8-30(23-33(32)40(49)52)47-20-18-46(19-21-47)28-4-6-29(7-5-28)48-24-34(38(43-48)25-14-16-42-17-15-25)27-2-9-31-26(22-27)3-11-35(31)44-54/h2,4-10,14-17,22-24,36,54H,3,11-13,18-21H2,1H3/b44-35+. The van der Waals surface area contributed by atoms with Gasteiger partial charge in [0.25, 0.3) is 17.7 Å². The molecule has 0 bridgehead atoms. The Labute approximate surface area is 310 Å². The second-order valence-electron chi connectivity index (χ2n) is 14.0. The van der Waals surface area contributed by atoms with Crippen molar-refractivity contribution in [2.24, 2.45) is 5.16 Å². The molecule has 5 aromatic rings. The molecule has 1 atom stereocenters. The number of imide groups is 2. The molecular formula is C41H36N8O5. The molecule has 0 saturated carbocycles. The number of pyridine rings is 1. The number of anilines is 2. The second kappa shape index (κ2) is 13.1. The Kier molecular flexibility index (Phi) is 8.06. The van der Waals surface area contributed by atoms with Gasteiger partial charge in [-0.25, -0.2) is 4.68 Å². The van der Waals surface area contributed by atoms with E-state index in [2.05, 4.69) is 62.5 Å². The normalized spacial score (nSPS) is 19.3. The van der Waals surface area contributed by atoms with Crippen molar-refractivity contribution >= 4 is 40.7 Å². The predicted octanol–water partition coefficient (Wildman–Crippen LogP) is 4.80. The van der Waals surface area contributed by atoms with E-state index in [0.717, 1.165) is 92.0 Å². The van der Waals surface area contributed by atoms with Gasteiger partial charge in [0.05, 0.1) is 22.5 Å². The summed E-state index contributed by atoms with van der Waals surface area (Å²) in [5.41, 5.74) is 10.2. The van der Waals surface area contributed by atoms with Gasteiger partial charge in [0.15, 0.2) is 0 Å². The third-order valence-corrected chi connectivity index (χ3v) is 11.1. The van der Waals surface area contributed by atoms with Crippen molar-refractivity contribution in [3.8, 4) is 28.1 Å². The third-order valence-electron chi connectivity index (χ3n) is 11.1. The highest BCUT2D eigenvalue weighted by Crippen LogP contribution is 2.36. The molecule has 2 aromatic heterocycles. The number of carbonyl (C=O) groups excluding carboxylic acids is 4. The molecule has 4 aliphatic rings. The number of piperidine rings is 1. The highest BCUT2D eigenvalue weighted by Gasteiger charge is 2.46. The van der Waals surface area contributed by atoms with Crippen LogP contribution in [0.2, 0.25) is 0 Å². The summed E-state index contributed by atoms with van der Waals surface area (Å²) in [5, 5.41) is 17.9. The van der Waals surface area contributed by atoms with Gasteiger partial charge in [0.2, 0.25) is 5.91 Å². The molecule has 5 heterocycles. The molecule has 1 aliphatic carbocycles. The van der Waals surface area contributed by atoms with Crippen molar-refractivity contribution in [3.63, 3.8) is 0 Å². The minimum atomic E-state index is -0.973. The van der Waals surface area contributed by atoms with Gasteiger partial charge in [-0.2, -0.15) is 5.10 Å². The second-order valence-corrected chi connectivity index (χ2v) is 14.0. The van der Waals surface area contributed by atoms with Gasteiger partial charge in [0, 0.05) is 86.3 Å². The SMILES string of the molecule is CN1C(=O)CCC(N2C(=O)c3ccc(N4CCN(c5ccc(-n6cc(-c7ccc8c(c7)CC/C8=N\O)c(-c7ccncc7)n6)cc5)CC4)cc3C2=O)C1=O. The Morgan fingerprint density at radius 1 is 0.685 bits per heavy atom. The first-order valence-corrected chi connectivity index (χ1v) is 18.1. The summed E-state index contributed by atoms with van der Waals surface area (Å²) in [6, 6.07) is 22.8. The first kappa shape index (κ1) is 33.2. The summed E-state index contributed by atoms with van der Waals surface area (Å²) in [4.78, 5) is 62.3. The van der Waals surface area contributed by atoms with Crippen LogP contribution in [-0.2, 0) is 16.0 Å². The lowest BCUT2D eigenvalue weighted by molar-refractivity contribution is -0.149. The summed E-state index contributed by atoms with van der Waals surface area (Å²) in [5.74, 6) is -1.83. The van der Waals surface area contributed by atoms with Crippen molar-refractivity contribution in [1.29, 1.82) is 0 Å². The largest absolute Gasteiger partial charge is 0.411 e. The van der Waals surface area contributed by atoms with Crippen LogP contribution in [0, 0.1) is 0 Å². The highest BCUT2D eigenvalue weighted by molar-refractivity contribution is 6.23. The number of fused-ring (bicyclic) bond motifs is 2. The number of piperazine rings is 1. The molecule has 13 nitrogen and oxygen atoms in total. The summed E-state index contributed by atoms with van der Waals surface area (Å²) >= 11 is 0. The van der Waals surface area contributed by atoms with Crippen LogP contribution in [0.15, 0.2) is 96.5 Å².